The second kappa shape index (κ2) is 3.43. The molecule has 1 fully saturated rings. The van der Waals surface area contributed by atoms with Crippen molar-refractivity contribution >= 4 is 21.3 Å². The fourth-order valence-corrected chi connectivity index (χ4v) is 3.99. The van der Waals surface area contributed by atoms with Gasteiger partial charge in [-0.3, -0.25) is 4.40 Å². The Balaban J connectivity index is 2.13. The van der Waals surface area contributed by atoms with Gasteiger partial charge >= 0.3 is 0 Å². The van der Waals surface area contributed by atoms with Gasteiger partial charge in [-0.1, -0.05) is 6.07 Å². The highest BCUT2D eigenvalue weighted by atomic mass is 32.2. The van der Waals surface area contributed by atoms with E-state index in [0.717, 1.165) is 0 Å². The third kappa shape index (κ3) is 1.66. The van der Waals surface area contributed by atoms with Crippen molar-refractivity contribution in [1.29, 1.82) is 0 Å². The summed E-state index contributed by atoms with van der Waals surface area (Å²) in [6.07, 6.45) is 0.595. The molecule has 1 atom stereocenters. The largest absolute Gasteiger partial charge is 0.385 e. The molecule has 0 saturated carbocycles. The Morgan fingerprint density at radius 1 is 1.35 bits per heavy atom. The first-order valence-electron chi connectivity index (χ1n) is 5.37. The number of nitrogens with two attached hydrogens (primary N) is 1. The third-order valence-electron chi connectivity index (χ3n) is 3.08. The predicted molar refractivity (Wildman–Crippen MR) is 63.4 cm³/mol. The molecule has 2 N–H and O–H groups in total. The van der Waals surface area contributed by atoms with Gasteiger partial charge in [0, 0.05) is 5.92 Å². The molecule has 7 heteroatoms. The summed E-state index contributed by atoms with van der Waals surface area (Å²) in [5.74, 6) is 1.45. The number of rotatable bonds is 1. The lowest BCUT2D eigenvalue weighted by molar-refractivity contribution is 0.601. The molecular weight excluding hydrogens is 240 g/mol. The zero-order chi connectivity index (χ0) is 12.0. The van der Waals surface area contributed by atoms with Gasteiger partial charge in [-0.25, -0.2) is 8.42 Å². The summed E-state index contributed by atoms with van der Waals surface area (Å²) >= 11 is 0. The van der Waals surface area contributed by atoms with E-state index < -0.39 is 9.84 Å². The maximum Gasteiger partial charge on any atom is 0.162 e. The molecule has 1 aliphatic rings. The topological polar surface area (TPSA) is 90.3 Å². The maximum atomic E-state index is 11.5. The van der Waals surface area contributed by atoms with Crippen LogP contribution in [0.2, 0.25) is 0 Å². The van der Waals surface area contributed by atoms with Crippen LogP contribution in [0.25, 0.3) is 5.65 Å². The van der Waals surface area contributed by atoms with E-state index in [4.69, 9.17) is 5.73 Å². The molecule has 0 amide bonds. The van der Waals surface area contributed by atoms with Crippen LogP contribution in [-0.2, 0) is 9.84 Å². The first kappa shape index (κ1) is 10.5. The van der Waals surface area contributed by atoms with Crippen LogP contribution in [0, 0.1) is 0 Å². The van der Waals surface area contributed by atoms with Crippen LogP contribution in [0.1, 0.15) is 18.2 Å². The Morgan fingerprint density at radius 3 is 2.88 bits per heavy atom. The van der Waals surface area contributed by atoms with Crippen LogP contribution in [0.5, 0.6) is 0 Å². The molecule has 1 unspecified atom stereocenters. The zero-order valence-electron chi connectivity index (χ0n) is 9.07. The summed E-state index contributed by atoms with van der Waals surface area (Å²) in [6, 6.07) is 5.36. The maximum absolute atomic E-state index is 11.5. The first-order chi connectivity index (χ1) is 8.07. The lowest BCUT2D eigenvalue weighted by atomic mass is 10.1. The quantitative estimate of drug-likeness (QED) is 0.783. The fourth-order valence-electron chi connectivity index (χ4n) is 2.25. The van der Waals surface area contributed by atoms with E-state index in [9.17, 15) is 8.42 Å². The van der Waals surface area contributed by atoms with E-state index in [1.165, 1.54) is 0 Å². The second-order valence-electron chi connectivity index (χ2n) is 4.30. The molecule has 0 aliphatic carbocycles. The van der Waals surface area contributed by atoms with Gasteiger partial charge in [0.1, 0.15) is 11.6 Å². The molecular formula is C10H12N4O2S. The van der Waals surface area contributed by atoms with Crippen molar-refractivity contribution in [2.75, 3.05) is 17.2 Å². The van der Waals surface area contributed by atoms with Gasteiger partial charge in [-0.15, -0.1) is 10.2 Å². The molecule has 2 aromatic rings. The van der Waals surface area contributed by atoms with E-state index in [0.29, 0.717) is 23.7 Å². The summed E-state index contributed by atoms with van der Waals surface area (Å²) in [7, 11) is -2.92. The van der Waals surface area contributed by atoms with E-state index in [2.05, 4.69) is 10.2 Å². The smallest absolute Gasteiger partial charge is 0.162 e. The Bertz CT molecular complexity index is 677. The number of anilines is 1. The van der Waals surface area contributed by atoms with Crippen molar-refractivity contribution in [3.05, 3.63) is 24.0 Å². The second-order valence-corrected chi connectivity index (χ2v) is 6.53. The van der Waals surface area contributed by atoms with Gasteiger partial charge in [-0.2, -0.15) is 0 Å². The van der Waals surface area contributed by atoms with Gasteiger partial charge in [0.25, 0.3) is 0 Å². The number of hydrogen-bond donors (Lipinski definition) is 1. The van der Waals surface area contributed by atoms with Crippen LogP contribution < -0.4 is 5.73 Å². The van der Waals surface area contributed by atoms with Crippen molar-refractivity contribution in [3.8, 4) is 0 Å². The minimum atomic E-state index is -2.92. The molecule has 0 bridgehead atoms. The summed E-state index contributed by atoms with van der Waals surface area (Å²) in [5.41, 5.74) is 6.53. The first-order valence-corrected chi connectivity index (χ1v) is 7.19. The number of nitrogen functional groups attached to an aromatic ring is 1. The Kier molecular flexibility index (Phi) is 2.12. The van der Waals surface area contributed by atoms with Gasteiger partial charge in [-0.05, 0) is 18.6 Å². The highest BCUT2D eigenvalue weighted by Gasteiger charge is 2.32. The highest BCUT2D eigenvalue weighted by Crippen LogP contribution is 2.28. The summed E-state index contributed by atoms with van der Waals surface area (Å²) in [6.45, 7) is 0. The normalized spacial score (nSPS) is 23.2. The lowest BCUT2D eigenvalue weighted by Gasteiger charge is -2.07. The van der Waals surface area contributed by atoms with Gasteiger partial charge < -0.3 is 5.73 Å². The fraction of sp³-hybridized carbons (Fsp3) is 0.400. The van der Waals surface area contributed by atoms with Crippen molar-refractivity contribution < 1.29 is 8.42 Å². The van der Waals surface area contributed by atoms with Crippen molar-refractivity contribution in [3.63, 3.8) is 0 Å². The average molecular weight is 252 g/mol. The molecule has 0 spiro atoms. The number of aromatic nitrogens is 3. The predicted octanol–water partition coefficient (Wildman–Crippen LogP) is 0.214. The molecule has 2 aromatic heterocycles. The Labute approximate surface area is 98.4 Å². The van der Waals surface area contributed by atoms with Crippen LogP contribution in [0.3, 0.4) is 0 Å². The van der Waals surface area contributed by atoms with E-state index >= 15 is 0 Å². The SMILES string of the molecule is Nc1cccc2nnc(C3CCS(=O)(=O)C3)n12. The van der Waals surface area contributed by atoms with Crippen LogP contribution in [-0.4, -0.2) is 34.5 Å². The number of hydrogen-bond acceptors (Lipinski definition) is 5. The Morgan fingerprint density at radius 2 is 2.18 bits per heavy atom. The number of pyridine rings is 1. The van der Waals surface area contributed by atoms with Crippen molar-refractivity contribution in [1.82, 2.24) is 14.6 Å². The van der Waals surface area contributed by atoms with Gasteiger partial charge in [0.2, 0.25) is 0 Å². The van der Waals surface area contributed by atoms with Crippen molar-refractivity contribution in [2.24, 2.45) is 0 Å². The summed E-state index contributed by atoms with van der Waals surface area (Å²) in [5, 5.41) is 8.08. The molecule has 3 rings (SSSR count). The minimum Gasteiger partial charge on any atom is -0.385 e. The monoisotopic (exact) mass is 252 g/mol. The standard InChI is InChI=1S/C10H12N4O2S/c11-8-2-1-3-9-12-13-10(14(8)9)7-4-5-17(15,16)6-7/h1-3,7H,4-6,11H2. The van der Waals surface area contributed by atoms with Gasteiger partial charge in [0.15, 0.2) is 15.5 Å². The summed E-state index contributed by atoms with van der Waals surface area (Å²) < 4.78 is 24.7. The summed E-state index contributed by atoms with van der Waals surface area (Å²) in [4.78, 5) is 0. The van der Waals surface area contributed by atoms with E-state index in [1.54, 1.807) is 22.6 Å². The van der Waals surface area contributed by atoms with Crippen LogP contribution >= 0.6 is 0 Å². The molecule has 1 aliphatic heterocycles. The molecule has 90 valence electrons. The van der Waals surface area contributed by atoms with E-state index in [1.807, 2.05) is 0 Å². The zero-order valence-corrected chi connectivity index (χ0v) is 9.89. The highest BCUT2D eigenvalue weighted by molar-refractivity contribution is 7.91. The average Bonchev–Trinajstić information content (AvgIpc) is 2.82. The number of fused-ring (bicyclic) bond motifs is 1. The molecule has 6 nitrogen and oxygen atoms in total. The molecule has 17 heavy (non-hydrogen) atoms. The van der Waals surface area contributed by atoms with E-state index in [-0.39, 0.29) is 17.4 Å². The van der Waals surface area contributed by atoms with Crippen LogP contribution in [0.4, 0.5) is 5.82 Å². The van der Waals surface area contributed by atoms with Gasteiger partial charge in [0.05, 0.1) is 11.5 Å². The van der Waals surface area contributed by atoms with Crippen molar-refractivity contribution in [2.45, 2.75) is 12.3 Å². The molecule has 3 heterocycles. The Hall–Kier alpha value is -1.63. The lowest BCUT2D eigenvalue weighted by Crippen LogP contribution is -2.09. The molecule has 0 aromatic carbocycles. The molecule has 0 radical (unpaired) electrons. The number of nitrogens with zero attached hydrogens (tertiary/aromatic N) is 3. The number of sulfone groups is 1. The molecule has 1 saturated heterocycles. The third-order valence-corrected chi connectivity index (χ3v) is 4.85. The minimum absolute atomic E-state index is 0.0975. The van der Waals surface area contributed by atoms with Crippen LogP contribution in [0.15, 0.2) is 18.2 Å².